The van der Waals surface area contributed by atoms with E-state index in [9.17, 15) is 9.59 Å². The smallest absolute Gasteiger partial charge is 0.319 e. The standard InChI is InChI=1S/C19H24N4O2/c1-13(14-8-6-5-7-9-14)21-18(25)22-15-10-11-20-16(12-15)17(24)23-19(2,3)4/h5-13H,1-4H3,(H,23,24)(H2,20,21,22,25)/t13-/m1/s1. The summed E-state index contributed by atoms with van der Waals surface area (Å²) >= 11 is 0. The lowest BCUT2D eigenvalue weighted by Crippen LogP contribution is -2.41. The third kappa shape index (κ3) is 5.91. The Hall–Kier alpha value is -2.89. The van der Waals surface area contributed by atoms with Crippen molar-refractivity contribution in [2.75, 3.05) is 5.32 Å². The minimum Gasteiger partial charge on any atom is -0.346 e. The van der Waals surface area contributed by atoms with Gasteiger partial charge in [0.05, 0.1) is 6.04 Å². The molecule has 0 unspecified atom stereocenters. The van der Waals surface area contributed by atoms with Gasteiger partial charge in [-0.3, -0.25) is 9.78 Å². The van der Waals surface area contributed by atoms with Crippen LogP contribution in [0.25, 0.3) is 0 Å². The van der Waals surface area contributed by atoms with E-state index in [1.165, 1.54) is 6.20 Å². The van der Waals surface area contributed by atoms with Gasteiger partial charge in [-0.25, -0.2) is 4.79 Å². The van der Waals surface area contributed by atoms with Crippen LogP contribution in [0.3, 0.4) is 0 Å². The molecule has 1 aromatic carbocycles. The number of hydrogen-bond acceptors (Lipinski definition) is 3. The average molecular weight is 340 g/mol. The Kier molecular flexibility index (Phi) is 5.75. The summed E-state index contributed by atoms with van der Waals surface area (Å²) in [5, 5.41) is 8.43. The van der Waals surface area contributed by atoms with Crippen molar-refractivity contribution < 1.29 is 9.59 Å². The molecule has 1 atom stereocenters. The molecule has 1 aromatic heterocycles. The molecule has 0 fully saturated rings. The number of benzene rings is 1. The number of nitrogens with one attached hydrogen (secondary N) is 3. The zero-order valence-corrected chi connectivity index (χ0v) is 15.0. The summed E-state index contributed by atoms with van der Waals surface area (Å²) in [6.45, 7) is 7.59. The number of pyridine rings is 1. The van der Waals surface area contributed by atoms with Gasteiger partial charge in [0.15, 0.2) is 0 Å². The van der Waals surface area contributed by atoms with E-state index in [4.69, 9.17) is 0 Å². The van der Waals surface area contributed by atoms with Gasteiger partial charge in [0.2, 0.25) is 0 Å². The first-order valence-electron chi connectivity index (χ1n) is 8.15. The molecule has 0 radical (unpaired) electrons. The molecule has 0 saturated carbocycles. The summed E-state index contributed by atoms with van der Waals surface area (Å²) in [6, 6.07) is 12.4. The monoisotopic (exact) mass is 340 g/mol. The van der Waals surface area contributed by atoms with Gasteiger partial charge in [0.25, 0.3) is 5.91 Å². The highest BCUT2D eigenvalue weighted by Crippen LogP contribution is 2.13. The van der Waals surface area contributed by atoms with E-state index in [1.807, 2.05) is 58.0 Å². The predicted molar refractivity (Wildman–Crippen MR) is 98.5 cm³/mol. The number of carbonyl (C=O) groups is 2. The Morgan fingerprint density at radius 1 is 1.08 bits per heavy atom. The molecule has 0 spiro atoms. The average Bonchev–Trinajstić information content (AvgIpc) is 2.54. The Morgan fingerprint density at radius 3 is 2.40 bits per heavy atom. The van der Waals surface area contributed by atoms with Gasteiger partial charge in [-0.05, 0) is 45.4 Å². The van der Waals surface area contributed by atoms with Gasteiger partial charge in [0.1, 0.15) is 5.69 Å². The molecule has 25 heavy (non-hydrogen) atoms. The highest BCUT2D eigenvalue weighted by molar-refractivity contribution is 5.95. The van der Waals surface area contributed by atoms with E-state index in [1.54, 1.807) is 12.1 Å². The van der Waals surface area contributed by atoms with Gasteiger partial charge in [-0.15, -0.1) is 0 Å². The van der Waals surface area contributed by atoms with Crippen molar-refractivity contribution in [1.82, 2.24) is 15.6 Å². The first-order chi connectivity index (χ1) is 11.7. The first kappa shape index (κ1) is 18.4. The number of carbonyl (C=O) groups excluding carboxylic acids is 2. The van der Waals surface area contributed by atoms with Crippen molar-refractivity contribution in [2.45, 2.75) is 39.3 Å². The number of anilines is 1. The quantitative estimate of drug-likeness (QED) is 0.796. The van der Waals surface area contributed by atoms with Crippen LogP contribution in [0.15, 0.2) is 48.7 Å². The van der Waals surface area contributed by atoms with Crippen LogP contribution in [0, 0.1) is 0 Å². The lowest BCUT2D eigenvalue weighted by atomic mass is 10.1. The van der Waals surface area contributed by atoms with Crippen LogP contribution in [0.4, 0.5) is 10.5 Å². The van der Waals surface area contributed by atoms with Crippen LogP contribution >= 0.6 is 0 Å². The van der Waals surface area contributed by atoms with E-state index < -0.39 is 0 Å². The van der Waals surface area contributed by atoms with Crippen molar-refractivity contribution in [3.63, 3.8) is 0 Å². The molecule has 0 aliphatic carbocycles. The van der Waals surface area contributed by atoms with E-state index >= 15 is 0 Å². The van der Waals surface area contributed by atoms with Crippen LogP contribution in [0.2, 0.25) is 0 Å². The largest absolute Gasteiger partial charge is 0.346 e. The van der Waals surface area contributed by atoms with E-state index in [0.29, 0.717) is 5.69 Å². The summed E-state index contributed by atoms with van der Waals surface area (Å²) < 4.78 is 0. The molecule has 2 rings (SSSR count). The third-order valence-corrected chi connectivity index (χ3v) is 3.39. The first-order valence-corrected chi connectivity index (χ1v) is 8.15. The van der Waals surface area contributed by atoms with E-state index in [0.717, 1.165) is 5.56 Å². The van der Waals surface area contributed by atoms with Gasteiger partial charge in [-0.1, -0.05) is 30.3 Å². The number of rotatable bonds is 4. The second kappa shape index (κ2) is 7.79. The third-order valence-electron chi connectivity index (χ3n) is 3.39. The molecule has 0 saturated heterocycles. The normalized spacial score (nSPS) is 12.2. The molecule has 6 heteroatoms. The Balaban J connectivity index is 1.99. The zero-order chi connectivity index (χ0) is 18.4. The fraction of sp³-hybridized carbons (Fsp3) is 0.316. The number of aromatic nitrogens is 1. The molecule has 0 bridgehead atoms. The summed E-state index contributed by atoms with van der Waals surface area (Å²) in [4.78, 5) is 28.4. The van der Waals surface area contributed by atoms with Gasteiger partial charge in [0, 0.05) is 17.4 Å². The Labute approximate surface area is 148 Å². The number of amides is 3. The van der Waals surface area contributed by atoms with Crippen LogP contribution in [-0.4, -0.2) is 22.5 Å². The fourth-order valence-corrected chi connectivity index (χ4v) is 2.23. The minimum absolute atomic E-state index is 0.133. The topological polar surface area (TPSA) is 83.1 Å². The lowest BCUT2D eigenvalue weighted by molar-refractivity contribution is 0.0914. The van der Waals surface area contributed by atoms with Gasteiger partial charge >= 0.3 is 6.03 Å². The second-order valence-electron chi connectivity index (χ2n) is 6.86. The summed E-state index contributed by atoms with van der Waals surface area (Å²) in [7, 11) is 0. The SMILES string of the molecule is C[C@@H](NC(=O)Nc1ccnc(C(=O)NC(C)(C)C)c1)c1ccccc1. The highest BCUT2D eigenvalue weighted by Gasteiger charge is 2.17. The van der Waals surface area contributed by atoms with Crippen molar-refractivity contribution in [1.29, 1.82) is 0 Å². The maximum atomic E-state index is 12.2. The van der Waals surface area contributed by atoms with E-state index in [-0.39, 0.29) is 29.2 Å². The van der Waals surface area contributed by atoms with Crippen LogP contribution in [0.1, 0.15) is 49.8 Å². The maximum absolute atomic E-state index is 12.2. The summed E-state index contributed by atoms with van der Waals surface area (Å²) in [5.74, 6) is -0.283. The number of nitrogens with zero attached hydrogens (tertiary/aromatic N) is 1. The molecule has 3 amide bonds. The molecule has 132 valence electrons. The van der Waals surface area contributed by atoms with Crippen LogP contribution in [0.5, 0.6) is 0 Å². The lowest BCUT2D eigenvalue weighted by Gasteiger charge is -2.20. The van der Waals surface area contributed by atoms with Crippen molar-refractivity contribution in [3.8, 4) is 0 Å². The molecular weight excluding hydrogens is 316 g/mol. The zero-order valence-electron chi connectivity index (χ0n) is 15.0. The molecule has 6 nitrogen and oxygen atoms in total. The molecule has 0 aliphatic rings. The van der Waals surface area contributed by atoms with Crippen LogP contribution < -0.4 is 16.0 Å². The van der Waals surface area contributed by atoms with Crippen LogP contribution in [-0.2, 0) is 0 Å². The number of urea groups is 1. The maximum Gasteiger partial charge on any atom is 0.319 e. The fourth-order valence-electron chi connectivity index (χ4n) is 2.23. The predicted octanol–water partition coefficient (Wildman–Crippen LogP) is 3.49. The molecule has 1 heterocycles. The number of hydrogen-bond donors (Lipinski definition) is 3. The van der Waals surface area contributed by atoms with Gasteiger partial charge in [-0.2, -0.15) is 0 Å². The summed E-state index contributed by atoms with van der Waals surface area (Å²) in [5.41, 5.74) is 1.42. The van der Waals surface area contributed by atoms with Crippen molar-refractivity contribution in [3.05, 3.63) is 59.9 Å². The van der Waals surface area contributed by atoms with Gasteiger partial charge < -0.3 is 16.0 Å². The highest BCUT2D eigenvalue weighted by atomic mass is 16.2. The molecular formula is C19H24N4O2. The van der Waals surface area contributed by atoms with Crippen molar-refractivity contribution >= 4 is 17.6 Å². The summed E-state index contributed by atoms with van der Waals surface area (Å²) in [6.07, 6.45) is 1.49. The minimum atomic E-state index is -0.356. The molecule has 2 aromatic rings. The molecule has 0 aliphatic heterocycles. The Bertz CT molecular complexity index is 739. The van der Waals surface area contributed by atoms with Crippen molar-refractivity contribution in [2.24, 2.45) is 0 Å². The Morgan fingerprint density at radius 2 is 1.76 bits per heavy atom. The second-order valence-corrected chi connectivity index (χ2v) is 6.86. The molecule has 3 N–H and O–H groups in total. The van der Waals surface area contributed by atoms with E-state index in [2.05, 4.69) is 20.9 Å².